The summed E-state index contributed by atoms with van der Waals surface area (Å²) in [5.41, 5.74) is -0.170. The van der Waals surface area contributed by atoms with Gasteiger partial charge in [0, 0.05) is 24.7 Å². The third-order valence-electron chi connectivity index (χ3n) is 4.59. The Morgan fingerprint density at radius 1 is 1.04 bits per heavy atom. The monoisotopic (exact) mass is 393 g/mol. The van der Waals surface area contributed by atoms with E-state index < -0.39 is 0 Å². The first-order chi connectivity index (χ1) is 13.0. The summed E-state index contributed by atoms with van der Waals surface area (Å²) in [7, 11) is 0. The molecule has 1 fully saturated rings. The summed E-state index contributed by atoms with van der Waals surface area (Å²) in [6, 6.07) is 14.0. The van der Waals surface area contributed by atoms with Gasteiger partial charge in [0.15, 0.2) is 11.6 Å². The van der Waals surface area contributed by atoms with Crippen molar-refractivity contribution in [2.75, 3.05) is 26.2 Å². The highest BCUT2D eigenvalue weighted by atomic mass is 35.5. The van der Waals surface area contributed by atoms with Crippen molar-refractivity contribution in [1.82, 2.24) is 4.90 Å². The van der Waals surface area contributed by atoms with Gasteiger partial charge in [0.1, 0.15) is 18.0 Å². The van der Waals surface area contributed by atoms with Crippen LogP contribution in [-0.2, 0) is 0 Å². The Labute approximate surface area is 167 Å². The molecule has 1 aliphatic heterocycles. The van der Waals surface area contributed by atoms with Gasteiger partial charge < -0.3 is 9.47 Å². The lowest BCUT2D eigenvalue weighted by Gasteiger charge is -2.39. The van der Waals surface area contributed by atoms with E-state index in [-0.39, 0.29) is 11.4 Å². The first-order valence-corrected chi connectivity index (χ1v) is 9.96. The van der Waals surface area contributed by atoms with Crippen LogP contribution in [0.25, 0.3) is 0 Å². The number of piperidine rings is 1. The average molecular weight is 394 g/mol. The van der Waals surface area contributed by atoms with E-state index in [1.807, 2.05) is 38.1 Å². The number of halogens is 2. The minimum absolute atomic E-state index is 0.170. The predicted molar refractivity (Wildman–Crippen MR) is 109 cm³/mol. The number of rotatable bonds is 6. The number of likely N-dealkylation sites (tertiary alicyclic amines) is 1. The van der Waals surface area contributed by atoms with Crippen molar-refractivity contribution in [2.24, 2.45) is 0 Å². The number of nitrogens with zero attached hydrogens (tertiary/aromatic N) is 1. The van der Waals surface area contributed by atoms with Crippen molar-refractivity contribution in [3.05, 3.63) is 59.4 Å². The third kappa shape index (κ3) is 6.71. The van der Waals surface area contributed by atoms with Gasteiger partial charge in [0.2, 0.25) is 0 Å². The SMILES string of the molecule is CC.CC1(Oc2ccc(Cl)cc2)CCN(CCOc2ccccc2F)CC1. The topological polar surface area (TPSA) is 21.7 Å². The number of para-hydroxylation sites is 1. The minimum Gasteiger partial charge on any atom is -0.489 e. The maximum Gasteiger partial charge on any atom is 0.165 e. The zero-order valence-corrected chi connectivity index (χ0v) is 17.1. The molecule has 5 heteroatoms. The van der Waals surface area contributed by atoms with E-state index in [0.717, 1.165) is 38.2 Å². The van der Waals surface area contributed by atoms with Crippen LogP contribution in [0.4, 0.5) is 4.39 Å². The van der Waals surface area contributed by atoms with Gasteiger partial charge in [0.25, 0.3) is 0 Å². The van der Waals surface area contributed by atoms with Crippen molar-refractivity contribution in [3.63, 3.8) is 0 Å². The normalized spacial score (nSPS) is 16.2. The fourth-order valence-corrected chi connectivity index (χ4v) is 3.11. The smallest absolute Gasteiger partial charge is 0.165 e. The second kappa shape index (κ2) is 10.5. The first-order valence-electron chi connectivity index (χ1n) is 9.58. The summed E-state index contributed by atoms with van der Waals surface area (Å²) in [4.78, 5) is 2.33. The maximum absolute atomic E-state index is 13.5. The highest BCUT2D eigenvalue weighted by molar-refractivity contribution is 6.30. The Balaban J connectivity index is 0.00000126. The van der Waals surface area contributed by atoms with E-state index in [9.17, 15) is 4.39 Å². The molecule has 148 valence electrons. The van der Waals surface area contributed by atoms with Crippen molar-refractivity contribution in [1.29, 1.82) is 0 Å². The van der Waals surface area contributed by atoms with Gasteiger partial charge >= 0.3 is 0 Å². The molecule has 3 rings (SSSR count). The molecule has 0 atom stereocenters. The molecule has 27 heavy (non-hydrogen) atoms. The van der Waals surface area contributed by atoms with Gasteiger partial charge in [-0.1, -0.05) is 37.6 Å². The standard InChI is InChI=1S/C20H23ClFNO2.C2H6/c1-20(25-17-8-6-16(21)7-9-17)10-12-23(13-11-20)14-15-24-19-5-3-2-4-18(19)22;1-2/h2-9H,10-15H2,1H3;1-2H3. The summed E-state index contributed by atoms with van der Waals surface area (Å²) < 4.78 is 25.2. The fraction of sp³-hybridized carbons (Fsp3) is 0.455. The van der Waals surface area contributed by atoms with Gasteiger partial charge in [0.05, 0.1) is 0 Å². The van der Waals surface area contributed by atoms with Gasteiger partial charge in [-0.05, 0) is 56.2 Å². The Kier molecular flexibility index (Phi) is 8.39. The number of hydrogen-bond donors (Lipinski definition) is 0. The van der Waals surface area contributed by atoms with Crippen LogP contribution >= 0.6 is 11.6 Å². The van der Waals surface area contributed by atoms with E-state index in [4.69, 9.17) is 21.1 Å². The van der Waals surface area contributed by atoms with Gasteiger partial charge in [-0.15, -0.1) is 0 Å². The molecule has 0 saturated carbocycles. The van der Waals surface area contributed by atoms with E-state index in [0.29, 0.717) is 17.4 Å². The van der Waals surface area contributed by atoms with Crippen LogP contribution in [0.3, 0.4) is 0 Å². The lowest BCUT2D eigenvalue weighted by Crippen LogP contribution is -2.47. The number of benzene rings is 2. The van der Waals surface area contributed by atoms with Crippen LogP contribution in [-0.4, -0.2) is 36.7 Å². The molecule has 0 N–H and O–H groups in total. The van der Waals surface area contributed by atoms with Crippen molar-refractivity contribution < 1.29 is 13.9 Å². The average Bonchev–Trinajstić information content (AvgIpc) is 2.68. The Morgan fingerprint density at radius 3 is 2.30 bits per heavy atom. The Hall–Kier alpha value is -1.78. The second-order valence-corrected chi connectivity index (χ2v) is 7.06. The van der Waals surface area contributed by atoms with E-state index >= 15 is 0 Å². The Bertz CT molecular complexity index is 685. The molecule has 1 aliphatic rings. The summed E-state index contributed by atoms with van der Waals surface area (Å²) in [5.74, 6) is 0.851. The molecule has 0 aromatic heterocycles. The lowest BCUT2D eigenvalue weighted by molar-refractivity contribution is 0.0134. The summed E-state index contributed by atoms with van der Waals surface area (Å²) >= 11 is 5.91. The molecule has 0 aliphatic carbocycles. The van der Waals surface area contributed by atoms with Gasteiger partial charge in [-0.3, -0.25) is 4.90 Å². The van der Waals surface area contributed by atoms with Crippen molar-refractivity contribution in [2.45, 2.75) is 39.2 Å². The first kappa shape index (κ1) is 21.5. The molecule has 0 amide bonds. The summed E-state index contributed by atoms with van der Waals surface area (Å²) in [6.45, 7) is 9.28. The molecule has 2 aromatic rings. The third-order valence-corrected chi connectivity index (χ3v) is 4.85. The van der Waals surface area contributed by atoms with Crippen LogP contribution in [0.1, 0.15) is 33.6 Å². The van der Waals surface area contributed by atoms with Crippen molar-refractivity contribution in [3.8, 4) is 11.5 Å². The molecule has 2 aromatic carbocycles. The number of ether oxygens (including phenoxy) is 2. The van der Waals surface area contributed by atoms with Gasteiger partial charge in [-0.25, -0.2) is 4.39 Å². The van der Waals surface area contributed by atoms with Gasteiger partial charge in [-0.2, -0.15) is 0 Å². The fourth-order valence-electron chi connectivity index (χ4n) is 2.99. The van der Waals surface area contributed by atoms with Crippen LogP contribution in [0, 0.1) is 5.82 Å². The molecular weight excluding hydrogens is 365 g/mol. The molecule has 3 nitrogen and oxygen atoms in total. The minimum atomic E-state index is -0.315. The van der Waals surface area contributed by atoms with Crippen LogP contribution in [0.2, 0.25) is 5.02 Å². The van der Waals surface area contributed by atoms with E-state index in [1.165, 1.54) is 6.07 Å². The molecule has 0 bridgehead atoms. The molecule has 0 unspecified atom stereocenters. The van der Waals surface area contributed by atoms with E-state index in [1.54, 1.807) is 18.2 Å². The summed E-state index contributed by atoms with van der Waals surface area (Å²) in [5, 5.41) is 0.710. The zero-order valence-electron chi connectivity index (χ0n) is 16.4. The van der Waals surface area contributed by atoms with Crippen LogP contribution in [0.5, 0.6) is 11.5 Å². The largest absolute Gasteiger partial charge is 0.489 e. The molecule has 1 saturated heterocycles. The predicted octanol–water partition coefficient (Wildman–Crippen LogP) is 5.82. The zero-order chi connectivity index (χ0) is 19.7. The summed E-state index contributed by atoms with van der Waals surface area (Å²) in [6.07, 6.45) is 1.88. The highest BCUT2D eigenvalue weighted by Crippen LogP contribution is 2.29. The Morgan fingerprint density at radius 2 is 1.67 bits per heavy atom. The molecule has 0 radical (unpaired) electrons. The quantitative estimate of drug-likeness (QED) is 0.617. The highest BCUT2D eigenvalue weighted by Gasteiger charge is 2.31. The van der Waals surface area contributed by atoms with Crippen LogP contribution in [0.15, 0.2) is 48.5 Å². The van der Waals surface area contributed by atoms with Crippen LogP contribution < -0.4 is 9.47 Å². The number of hydrogen-bond acceptors (Lipinski definition) is 3. The maximum atomic E-state index is 13.5. The van der Waals surface area contributed by atoms with E-state index in [2.05, 4.69) is 11.8 Å². The molecule has 0 spiro atoms. The lowest BCUT2D eigenvalue weighted by atomic mass is 9.93. The molecular formula is C22H29ClFNO2. The van der Waals surface area contributed by atoms with Crippen molar-refractivity contribution >= 4 is 11.6 Å². The second-order valence-electron chi connectivity index (χ2n) is 6.63. The molecule has 1 heterocycles.